The Morgan fingerprint density at radius 2 is 1.69 bits per heavy atom. The van der Waals surface area contributed by atoms with Crippen LogP contribution in [0.2, 0.25) is 5.02 Å². The third-order valence-electron chi connectivity index (χ3n) is 4.93. The van der Waals surface area contributed by atoms with Crippen molar-refractivity contribution in [2.45, 2.75) is 12.8 Å². The molecule has 2 aromatic heterocycles. The molecular weight excluding hydrogens is 424 g/mol. The minimum atomic E-state index is -0.197. The number of carbonyl (C=O) groups is 2. The molecule has 0 aliphatic rings. The highest BCUT2D eigenvalue weighted by molar-refractivity contribution is 6.30. The van der Waals surface area contributed by atoms with E-state index in [-0.39, 0.29) is 11.8 Å². The van der Waals surface area contributed by atoms with Gasteiger partial charge in [-0.3, -0.25) is 14.6 Å². The van der Waals surface area contributed by atoms with Crippen LogP contribution in [0, 0.1) is 0 Å². The van der Waals surface area contributed by atoms with Gasteiger partial charge in [-0.1, -0.05) is 29.8 Å². The van der Waals surface area contributed by atoms with Gasteiger partial charge in [0.15, 0.2) is 0 Å². The fourth-order valence-corrected chi connectivity index (χ4v) is 3.46. The van der Waals surface area contributed by atoms with Crippen LogP contribution in [0.1, 0.15) is 23.2 Å². The predicted molar refractivity (Wildman–Crippen MR) is 127 cm³/mol. The van der Waals surface area contributed by atoms with E-state index in [2.05, 4.69) is 20.6 Å². The van der Waals surface area contributed by atoms with E-state index < -0.39 is 0 Å². The van der Waals surface area contributed by atoms with Gasteiger partial charge < -0.3 is 10.6 Å². The molecule has 32 heavy (non-hydrogen) atoms. The van der Waals surface area contributed by atoms with Gasteiger partial charge in [0, 0.05) is 47.0 Å². The second kappa shape index (κ2) is 10.0. The molecule has 0 fully saturated rings. The maximum absolute atomic E-state index is 12.9. The van der Waals surface area contributed by atoms with E-state index >= 15 is 0 Å². The summed E-state index contributed by atoms with van der Waals surface area (Å²) in [4.78, 5) is 33.8. The van der Waals surface area contributed by atoms with E-state index in [4.69, 9.17) is 11.6 Å². The first kappa shape index (κ1) is 21.5. The molecule has 0 atom stereocenters. The van der Waals surface area contributed by atoms with Gasteiger partial charge in [-0.2, -0.15) is 0 Å². The molecule has 0 aliphatic carbocycles. The number of benzene rings is 2. The van der Waals surface area contributed by atoms with E-state index in [0.29, 0.717) is 41.4 Å². The molecule has 0 bridgehead atoms. The molecule has 6 nitrogen and oxygen atoms in total. The zero-order valence-electron chi connectivity index (χ0n) is 17.2. The Labute approximate surface area is 190 Å². The monoisotopic (exact) mass is 444 g/mol. The van der Waals surface area contributed by atoms with Crippen molar-refractivity contribution < 1.29 is 9.59 Å². The van der Waals surface area contributed by atoms with Gasteiger partial charge in [0.2, 0.25) is 5.91 Å². The minimum absolute atomic E-state index is 0.115. The Hall–Kier alpha value is -3.77. The zero-order chi connectivity index (χ0) is 22.3. The molecule has 2 aromatic carbocycles. The number of fused-ring (bicyclic) bond motifs is 1. The number of hydrogen-bond donors (Lipinski definition) is 2. The highest BCUT2D eigenvalue weighted by Gasteiger charge is 2.14. The molecule has 0 radical (unpaired) electrons. The summed E-state index contributed by atoms with van der Waals surface area (Å²) in [6.45, 7) is 0.383. The molecular formula is C25H21ClN4O2. The van der Waals surface area contributed by atoms with Crippen LogP contribution in [-0.4, -0.2) is 28.3 Å². The summed E-state index contributed by atoms with van der Waals surface area (Å²) in [5.74, 6) is -0.312. The Kier molecular flexibility index (Phi) is 6.72. The molecule has 0 unspecified atom stereocenters. The Morgan fingerprint density at radius 1 is 0.938 bits per heavy atom. The molecule has 0 spiro atoms. The van der Waals surface area contributed by atoms with E-state index in [1.807, 2.05) is 36.4 Å². The van der Waals surface area contributed by atoms with Crippen LogP contribution in [-0.2, 0) is 4.79 Å². The van der Waals surface area contributed by atoms with Gasteiger partial charge in [0.25, 0.3) is 5.91 Å². The molecule has 0 saturated carbocycles. The first-order chi connectivity index (χ1) is 15.6. The summed E-state index contributed by atoms with van der Waals surface area (Å²) >= 11 is 5.85. The highest BCUT2D eigenvalue weighted by atomic mass is 35.5. The van der Waals surface area contributed by atoms with Crippen LogP contribution in [0.4, 0.5) is 5.69 Å². The molecule has 160 valence electrons. The van der Waals surface area contributed by atoms with Gasteiger partial charge >= 0.3 is 0 Å². The molecule has 2 amide bonds. The van der Waals surface area contributed by atoms with Crippen molar-refractivity contribution >= 4 is 40.0 Å². The predicted octanol–water partition coefficient (Wildman–Crippen LogP) is 5.10. The summed E-state index contributed by atoms with van der Waals surface area (Å²) < 4.78 is 0. The first-order valence-corrected chi connectivity index (χ1v) is 10.6. The Morgan fingerprint density at radius 3 is 2.47 bits per heavy atom. The van der Waals surface area contributed by atoms with Crippen molar-refractivity contribution in [2.24, 2.45) is 0 Å². The largest absolute Gasteiger partial charge is 0.352 e. The minimum Gasteiger partial charge on any atom is -0.352 e. The van der Waals surface area contributed by atoms with E-state index in [1.54, 1.807) is 42.7 Å². The zero-order valence-corrected chi connectivity index (χ0v) is 18.0. The van der Waals surface area contributed by atoms with Gasteiger partial charge in [-0.25, -0.2) is 4.98 Å². The van der Waals surface area contributed by atoms with E-state index in [1.165, 1.54) is 0 Å². The number of amides is 2. The maximum Gasteiger partial charge on any atom is 0.252 e. The molecule has 0 saturated heterocycles. The normalized spacial score (nSPS) is 10.7. The number of aromatic nitrogens is 2. The van der Waals surface area contributed by atoms with E-state index in [0.717, 1.165) is 16.5 Å². The van der Waals surface area contributed by atoms with Crippen molar-refractivity contribution in [2.75, 3.05) is 11.9 Å². The number of nitrogens with zero attached hydrogens (tertiary/aromatic N) is 2. The highest BCUT2D eigenvalue weighted by Crippen LogP contribution is 2.24. The van der Waals surface area contributed by atoms with Crippen molar-refractivity contribution in [3.63, 3.8) is 0 Å². The van der Waals surface area contributed by atoms with Crippen LogP contribution < -0.4 is 10.6 Å². The lowest BCUT2D eigenvalue weighted by Gasteiger charge is -2.11. The average molecular weight is 445 g/mol. The SMILES string of the molecule is O=C(CCCNC(=O)c1cc(-c2ccncc2)nc2ccccc12)Nc1ccc(Cl)cc1. The number of rotatable bonds is 7. The first-order valence-electron chi connectivity index (χ1n) is 10.2. The standard InChI is InChI=1S/C25H21ClN4O2/c26-18-7-9-19(10-8-18)29-24(31)6-3-13-28-25(32)21-16-23(17-11-14-27-15-12-17)30-22-5-2-1-4-20(21)22/h1-2,4-5,7-12,14-16H,3,6,13H2,(H,28,32)(H,29,31). The van der Waals surface area contributed by atoms with Crippen LogP contribution >= 0.6 is 11.6 Å². The second-order valence-corrected chi connectivity index (χ2v) is 7.66. The number of para-hydroxylation sites is 1. The number of pyridine rings is 2. The number of carbonyl (C=O) groups excluding carboxylic acids is 2. The summed E-state index contributed by atoms with van der Waals surface area (Å²) in [6.07, 6.45) is 4.20. The lowest BCUT2D eigenvalue weighted by Crippen LogP contribution is -2.26. The fourth-order valence-electron chi connectivity index (χ4n) is 3.34. The Balaban J connectivity index is 1.40. The van der Waals surface area contributed by atoms with Crippen molar-refractivity contribution in [3.05, 3.63) is 89.7 Å². The van der Waals surface area contributed by atoms with Crippen LogP contribution in [0.15, 0.2) is 79.1 Å². The van der Waals surface area contributed by atoms with Crippen LogP contribution in [0.3, 0.4) is 0 Å². The average Bonchev–Trinajstić information content (AvgIpc) is 2.83. The van der Waals surface area contributed by atoms with Crippen LogP contribution in [0.5, 0.6) is 0 Å². The van der Waals surface area contributed by atoms with Gasteiger partial charge in [0.05, 0.1) is 16.8 Å². The number of halogens is 1. The summed E-state index contributed by atoms with van der Waals surface area (Å²) in [5, 5.41) is 7.13. The third-order valence-corrected chi connectivity index (χ3v) is 5.18. The fraction of sp³-hybridized carbons (Fsp3) is 0.120. The topological polar surface area (TPSA) is 84.0 Å². The lowest BCUT2D eigenvalue weighted by molar-refractivity contribution is -0.116. The smallest absolute Gasteiger partial charge is 0.252 e. The van der Waals surface area contributed by atoms with Crippen molar-refractivity contribution in [1.29, 1.82) is 0 Å². The van der Waals surface area contributed by atoms with Crippen LogP contribution in [0.25, 0.3) is 22.2 Å². The summed E-state index contributed by atoms with van der Waals surface area (Å²) in [6, 6.07) is 20.0. The third kappa shape index (κ3) is 5.28. The molecule has 4 rings (SSSR count). The lowest BCUT2D eigenvalue weighted by atomic mass is 10.0. The number of anilines is 1. The molecule has 4 aromatic rings. The number of hydrogen-bond acceptors (Lipinski definition) is 4. The Bertz CT molecular complexity index is 1240. The molecule has 2 N–H and O–H groups in total. The quantitative estimate of drug-likeness (QED) is 0.388. The van der Waals surface area contributed by atoms with Gasteiger partial charge in [-0.15, -0.1) is 0 Å². The van der Waals surface area contributed by atoms with Gasteiger partial charge in [-0.05, 0) is 55.0 Å². The number of nitrogens with one attached hydrogen (secondary N) is 2. The van der Waals surface area contributed by atoms with Crippen molar-refractivity contribution in [3.8, 4) is 11.3 Å². The summed E-state index contributed by atoms with van der Waals surface area (Å²) in [5.41, 5.74) is 3.58. The second-order valence-electron chi connectivity index (χ2n) is 7.22. The van der Waals surface area contributed by atoms with E-state index in [9.17, 15) is 9.59 Å². The molecule has 7 heteroatoms. The van der Waals surface area contributed by atoms with Crippen molar-refractivity contribution in [1.82, 2.24) is 15.3 Å². The molecule has 2 heterocycles. The van der Waals surface area contributed by atoms with Gasteiger partial charge in [0.1, 0.15) is 0 Å². The molecule has 0 aliphatic heterocycles. The maximum atomic E-state index is 12.9. The summed E-state index contributed by atoms with van der Waals surface area (Å²) in [7, 11) is 0.